The minimum atomic E-state index is -3.41. The van der Waals surface area contributed by atoms with E-state index < -0.39 is 9.84 Å². The van der Waals surface area contributed by atoms with Crippen molar-refractivity contribution in [2.75, 3.05) is 27.1 Å². The zero-order valence-corrected chi connectivity index (χ0v) is 10.9. The number of aliphatic hydroxyl groups excluding tert-OH is 1. The van der Waals surface area contributed by atoms with Gasteiger partial charge in [-0.2, -0.15) is 0 Å². The molecule has 0 unspecified atom stereocenters. The Morgan fingerprint density at radius 3 is 2.29 bits per heavy atom. The second-order valence-electron chi connectivity index (χ2n) is 3.56. The maximum absolute atomic E-state index is 11.6. The second kappa shape index (κ2) is 5.37. The molecule has 0 atom stereocenters. The molecule has 0 aliphatic rings. The van der Waals surface area contributed by atoms with E-state index >= 15 is 0 Å². The number of ether oxygens (including phenoxy) is 2. The quantitative estimate of drug-likeness (QED) is 0.841. The Morgan fingerprint density at radius 2 is 1.88 bits per heavy atom. The van der Waals surface area contributed by atoms with Crippen molar-refractivity contribution in [2.24, 2.45) is 0 Å². The van der Waals surface area contributed by atoms with Gasteiger partial charge >= 0.3 is 0 Å². The van der Waals surface area contributed by atoms with Crippen molar-refractivity contribution >= 4 is 9.84 Å². The molecule has 0 fully saturated rings. The molecule has 1 rings (SSSR count). The summed E-state index contributed by atoms with van der Waals surface area (Å²) in [5, 5.41) is 8.95. The van der Waals surface area contributed by atoms with Gasteiger partial charge in [0.15, 0.2) is 9.84 Å². The Morgan fingerprint density at radius 1 is 1.24 bits per heavy atom. The fourth-order valence-electron chi connectivity index (χ4n) is 1.56. The second-order valence-corrected chi connectivity index (χ2v) is 5.55. The maximum Gasteiger partial charge on any atom is 0.179 e. The predicted octanol–water partition coefficient (Wildman–Crippen LogP) is 0.642. The summed E-state index contributed by atoms with van der Waals surface area (Å²) in [6, 6.07) is 3.07. The van der Waals surface area contributed by atoms with E-state index in [0.29, 0.717) is 17.7 Å². The SMILES string of the molecule is COc1cc(CCO)c(OC)c(S(C)(=O)=O)c1. The summed E-state index contributed by atoms with van der Waals surface area (Å²) in [7, 11) is -0.550. The van der Waals surface area contributed by atoms with E-state index in [4.69, 9.17) is 14.6 Å². The zero-order chi connectivity index (χ0) is 13.1. The van der Waals surface area contributed by atoms with Crippen LogP contribution in [0.25, 0.3) is 0 Å². The lowest BCUT2D eigenvalue weighted by Gasteiger charge is -2.14. The summed E-state index contributed by atoms with van der Waals surface area (Å²) >= 11 is 0. The first-order valence-corrected chi connectivity index (χ1v) is 6.89. The van der Waals surface area contributed by atoms with Crippen LogP contribution >= 0.6 is 0 Å². The summed E-state index contributed by atoms with van der Waals surface area (Å²) in [5.74, 6) is 0.692. The summed E-state index contributed by atoms with van der Waals surface area (Å²) in [6.07, 6.45) is 1.41. The van der Waals surface area contributed by atoms with Crippen LogP contribution in [-0.2, 0) is 16.3 Å². The van der Waals surface area contributed by atoms with Crippen molar-refractivity contribution in [3.63, 3.8) is 0 Å². The van der Waals surface area contributed by atoms with Crippen LogP contribution in [0, 0.1) is 0 Å². The van der Waals surface area contributed by atoms with Gasteiger partial charge < -0.3 is 14.6 Å². The van der Waals surface area contributed by atoms with E-state index in [1.165, 1.54) is 20.3 Å². The van der Waals surface area contributed by atoms with E-state index in [9.17, 15) is 8.42 Å². The van der Waals surface area contributed by atoms with Crippen LogP contribution in [0.15, 0.2) is 17.0 Å². The van der Waals surface area contributed by atoms with Crippen molar-refractivity contribution in [1.82, 2.24) is 0 Å². The monoisotopic (exact) mass is 260 g/mol. The van der Waals surface area contributed by atoms with E-state index in [2.05, 4.69) is 0 Å². The number of hydrogen-bond donors (Lipinski definition) is 1. The van der Waals surface area contributed by atoms with Crippen molar-refractivity contribution in [3.8, 4) is 11.5 Å². The first kappa shape index (κ1) is 13.8. The van der Waals surface area contributed by atoms with Crippen LogP contribution in [0.1, 0.15) is 5.56 Å². The Labute approximate surface area is 101 Å². The van der Waals surface area contributed by atoms with Gasteiger partial charge in [0.2, 0.25) is 0 Å². The number of aliphatic hydroxyl groups is 1. The third-order valence-electron chi connectivity index (χ3n) is 2.33. The summed E-state index contributed by atoms with van der Waals surface area (Å²) in [5.41, 5.74) is 0.606. The van der Waals surface area contributed by atoms with Gasteiger partial charge in [0.25, 0.3) is 0 Å². The fourth-order valence-corrected chi connectivity index (χ4v) is 2.44. The number of rotatable bonds is 5. The molecule has 17 heavy (non-hydrogen) atoms. The molecular weight excluding hydrogens is 244 g/mol. The molecule has 0 heterocycles. The van der Waals surface area contributed by atoms with Crippen LogP contribution in [0.2, 0.25) is 0 Å². The molecule has 0 aliphatic heterocycles. The Kier molecular flexibility index (Phi) is 4.36. The smallest absolute Gasteiger partial charge is 0.179 e. The molecule has 0 saturated heterocycles. The summed E-state index contributed by atoms with van der Waals surface area (Å²) in [6.45, 7) is -0.0905. The lowest BCUT2D eigenvalue weighted by Crippen LogP contribution is -2.05. The first-order valence-electron chi connectivity index (χ1n) is 4.99. The minimum absolute atomic E-state index is 0.0720. The molecule has 0 bridgehead atoms. The van der Waals surface area contributed by atoms with Crippen LogP contribution < -0.4 is 9.47 Å². The summed E-state index contributed by atoms with van der Waals surface area (Å²) in [4.78, 5) is 0.0720. The molecule has 0 aromatic heterocycles. The van der Waals surface area contributed by atoms with Crippen LogP contribution in [-0.4, -0.2) is 40.6 Å². The molecule has 0 aliphatic carbocycles. The molecule has 0 spiro atoms. The van der Waals surface area contributed by atoms with Crippen LogP contribution in [0.3, 0.4) is 0 Å². The molecule has 5 nitrogen and oxygen atoms in total. The molecule has 1 aromatic carbocycles. The zero-order valence-electron chi connectivity index (χ0n) is 10.1. The Hall–Kier alpha value is -1.27. The van der Waals surface area contributed by atoms with E-state index in [1.54, 1.807) is 6.07 Å². The normalized spacial score (nSPS) is 11.3. The number of benzene rings is 1. The number of methoxy groups -OCH3 is 2. The maximum atomic E-state index is 11.6. The predicted molar refractivity (Wildman–Crippen MR) is 63.4 cm³/mol. The lowest BCUT2D eigenvalue weighted by molar-refractivity contribution is 0.295. The van der Waals surface area contributed by atoms with Gasteiger partial charge in [-0.05, 0) is 12.5 Å². The standard InChI is InChI=1S/C11H16O5S/c1-15-9-6-8(4-5-12)11(16-2)10(7-9)17(3,13)14/h6-7,12H,4-5H2,1-3H3. The topological polar surface area (TPSA) is 72.8 Å². The minimum Gasteiger partial charge on any atom is -0.497 e. The van der Waals surface area contributed by atoms with Crippen molar-refractivity contribution in [2.45, 2.75) is 11.3 Å². The lowest BCUT2D eigenvalue weighted by atomic mass is 10.1. The van der Waals surface area contributed by atoms with E-state index in [1.807, 2.05) is 0 Å². The van der Waals surface area contributed by atoms with Crippen molar-refractivity contribution in [1.29, 1.82) is 0 Å². The van der Waals surface area contributed by atoms with Gasteiger partial charge in [-0.3, -0.25) is 0 Å². The Balaban J connectivity index is 3.50. The number of sulfone groups is 1. The highest BCUT2D eigenvalue weighted by atomic mass is 32.2. The van der Waals surface area contributed by atoms with Crippen molar-refractivity contribution in [3.05, 3.63) is 17.7 Å². The molecule has 1 N–H and O–H groups in total. The molecular formula is C11H16O5S. The first-order chi connectivity index (χ1) is 7.93. The van der Waals surface area contributed by atoms with Gasteiger partial charge in [0.05, 0.1) is 14.2 Å². The number of hydrogen-bond acceptors (Lipinski definition) is 5. The van der Waals surface area contributed by atoms with Gasteiger partial charge in [-0.25, -0.2) is 8.42 Å². The van der Waals surface area contributed by atoms with Crippen LogP contribution in [0.4, 0.5) is 0 Å². The highest BCUT2D eigenvalue weighted by molar-refractivity contribution is 7.90. The van der Waals surface area contributed by atoms with E-state index in [-0.39, 0.29) is 17.3 Å². The third-order valence-corrected chi connectivity index (χ3v) is 3.43. The van der Waals surface area contributed by atoms with Crippen LogP contribution in [0.5, 0.6) is 11.5 Å². The third kappa shape index (κ3) is 3.10. The average Bonchev–Trinajstić information content (AvgIpc) is 2.27. The van der Waals surface area contributed by atoms with E-state index in [0.717, 1.165) is 6.26 Å². The largest absolute Gasteiger partial charge is 0.497 e. The van der Waals surface area contributed by atoms with Gasteiger partial charge in [0.1, 0.15) is 16.4 Å². The molecule has 96 valence electrons. The fraction of sp³-hybridized carbons (Fsp3) is 0.455. The molecule has 6 heteroatoms. The van der Waals surface area contributed by atoms with Gasteiger partial charge in [-0.1, -0.05) is 0 Å². The Bertz CT molecular complexity index is 493. The highest BCUT2D eigenvalue weighted by Crippen LogP contribution is 2.33. The molecule has 0 amide bonds. The average molecular weight is 260 g/mol. The van der Waals surface area contributed by atoms with Gasteiger partial charge in [0, 0.05) is 24.5 Å². The highest BCUT2D eigenvalue weighted by Gasteiger charge is 2.19. The summed E-state index contributed by atoms with van der Waals surface area (Å²) < 4.78 is 33.4. The van der Waals surface area contributed by atoms with Gasteiger partial charge in [-0.15, -0.1) is 0 Å². The molecule has 0 saturated carbocycles. The molecule has 1 aromatic rings. The molecule has 0 radical (unpaired) electrons. The van der Waals surface area contributed by atoms with Crippen molar-refractivity contribution < 1.29 is 23.0 Å².